The highest BCUT2D eigenvalue weighted by Gasteiger charge is 2.02. The lowest BCUT2D eigenvalue weighted by Crippen LogP contribution is -2.09. The average molecular weight is 220 g/mol. The normalized spacial score (nSPS) is 12.8. The maximum absolute atomic E-state index is 10.4. The van der Waals surface area contributed by atoms with Crippen LogP contribution in [0.5, 0.6) is 0 Å². The van der Waals surface area contributed by atoms with Crippen LogP contribution in [0.25, 0.3) is 0 Å². The van der Waals surface area contributed by atoms with Gasteiger partial charge in [0.2, 0.25) is 0 Å². The van der Waals surface area contributed by atoms with Crippen molar-refractivity contribution in [3.05, 3.63) is 48.0 Å². The SMILES string of the molecule is CC[C@@H](/C=C/C(=O)O)OCc1ccccc1. The van der Waals surface area contributed by atoms with E-state index in [1.807, 2.05) is 37.3 Å². The summed E-state index contributed by atoms with van der Waals surface area (Å²) < 4.78 is 5.58. The van der Waals surface area contributed by atoms with Gasteiger partial charge in [0.05, 0.1) is 12.7 Å². The number of ether oxygens (including phenoxy) is 1. The van der Waals surface area contributed by atoms with Crippen molar-refractivity contribution in [3.8, 4) is 0 Å². The molecular formula is C13H16O3. The quantitative estimate of drug-likeness (QED) is 0.749. The van der Waals surface area contributed by atoms with Gasteiger partial charge in [-0.3, -0.25) is 0 Å². The van der Waals surface area contributed by atoms with Crippen molar-refractivity contribution >= 4 is 5.97 Å². The molecule has 0 spiro atoms. The standard InChI is InChI=1S/C13H16O3/c1-2-12(8-9-13(14)15)16-10-11-6-4-3-5-7-11/h3-9,12H,2,10H2,1H3,(H,14,15)/b9-8+/t12-/m0/s1. The van der Waals surface area contributed by atoms with E-state index in [4.69, 9.17) is 9.84 Å². The number of benzene rings is 1. The van der Waals surface area contributed by atoms with Crippen molar-refractivity contribution in [3.63, 3.8) is 0 Å². The topological polar surface area (TPSA) is 46.5 Å². The molecule has 0 bridgehead atoms. The first kappa shape index (κ1) is 12.5. The van der Waals surface area contributed by atoms with Crippen LogP contribution in [0.4, 0.5) is 0 Å². The van der Waals surface area contributed by atoms with E-state index in [1.54, 1.807) is 6.08 Å². The van der Waals surface area contributed by atoms with Crippen molar-refractivity contribution in [2.24, 2.45) is 0 Å². The molecule has 0 amide bonds. The van der Waals surface area contributed by atoms with E-state index in [9.17, 15) is 4.79 Å². The van der Waals surface area contributed by atoms with E-state index >= 15 is 0 Å². The Hall–Kier alpha value is -1.61. The van der Waals surface area contributed by atoms with Crippen LogP contribution in [0.3, 0.4) is 0 Å². The molecule has 3 heteroatoms. The fraction of sp³-hybridized carbons (Fsp3) is 0.308. The lowest BCUT2D eigenvalue weighted by atomic mass is 10.2. The maximum Gasteiger partial charge on any atom is 0.328 e. The number of carbonyl (C=O) groups is 1. The summed E-state index contributed by atoms with van der Waals surface area (Å²) in [5.74, 6) is -0.943. The molecule has 1 aromatic rings. The molecule has 0 saturated heterocycles. The Morgan fingerprint density at radius 2 is 2.12 bits per heavy atom. The Morgan fingerprint density at radius 1 is 1.44 bits per heavy atom. The van der Waals surface area contributed by atoms with E-state index < -0.39 is 5.97 Å². The molecule has 0 radical (unpaired) electrons. The van der Waals surface area contributed by atoms with Crippen molar-refractivity contribution in [1.29, 1.82) is 0 Å². The molecule has 0 aliphatic heterocycles. The molecule has 0 aliphatic rings. The third kappa shape index (κ3) is 4.75. The molecule has 1 rings (SSSR count). The van der Waals surface area contributed by atoms with Crippen LogP contribution < -0.4 is 0 Å². The molecule has 1 atom stereocenters. The van der Waals surface area contributed by atoms with Crippen molar-refractivity contribution in [2.75, 3.05) is 0 Å². The van der Waals surface area contributed by atoms with Crippen LogP contribution in [0.1, 0.15) is 18.9 Å². The second-order valence-corrected chi connectivity index (χ2v) is 3.44. The van der Waals surface area contributed by atoms with Gasteiger partial charge in [0, 0.05) is 6.08 Å². The van der Waals surface area contributed by atoms with Crippen LogP contribution in [0.2, 0.25) is 0 Å². The summed E-state index contributed by atoms with van der Waals surface area (Å²) in [6.45, 7) is 2.46. The van der Waals surface area contributed by atoms with Gasteiger partial charge in [-0.2, -0.15) is 0 Å². The molecule has 0 aliphatic carbocycles. The molecule has 0 aromatic heterocycles. The lowest BCUT2D eigenvalue weighted by molar-refractivity contribution is -0.131. The van der Waals surface area contributed by atoms with Gasteiger partial charge in [-0.25, -0.2) is 4.79 Å². The monoisotopic (exact) mass is 220 g/mol. The van der Waals surface area contributed by atoms with Crippen molar-refractivity contribution in [1.82, 2.24) is 0 Å². The smallest absolute Gasteiger partial charge is 0.328 e. The zero-order chi connectivity index (χ0) is 11.8. The molecule has 0 unspecified atom stereocenters. The number of carboxylic acid groups (broad SMARTS) is 1. The molecule has 1 aromatic carbocycles. The average Bonchev–Trinajstić information content (AvgIpc) is 2.30. The predicted octanol–water partition coefficient (Wildman–Crippen LogP) is 2.62. The number of rotatable bonds is 6. The third-order valence-electron chi connectivity index (χ3n) is 2.16. The van der Waals surface area contributed by atoms with Gasteiger partial charge in [-0.15, -0.1) is 0 Å². The van der Waals surface area contributed by atoms with Gasteiger partial charge in [0.25, 0.3) is 0 Å². The first-order valence-electron chi connectivity index (χ1n) is 5.29. The third-order valence-corrected chi connectivity index (χ3v) is 2.16. The van der Waals surface area contributed by atoms with Crippen LogP contribution >= 0.6 is 0 Å². The molecule has 16 heavy (non-hydrogen) atoms. The lowest BCUT2D eigenvalue weighted by Gasteiger charge is -2.11. The summed E-state index contributed by atoms with van der Waals surface area (Å²) >= 11 is 0. The molecule has 0 saturated carbocycles. The summed E-state index contributed by atoms with van der Waals surface area (Å²) in [4.78, 5) is 10.4. The van der Waals surface area contributed by atoms with Crippen LogP contribution in [0.15, 0.2) is 42.5 Å². The van der Waals surface area contributed by atoms with Crippen molar-refractivity contribution < 1.29 is 14.6 Å². The summed E-state index contributed by atoms with van der Waals surface area (Å²) in [5, 5.41) is 8.50. The van der Waals surface area contributed by atoms with E-state index in [-0.39, 0.29) is 6.10 Å². The van der Waals surface area contributed by atoms with Crippen LogP contribution in [0, 0.1) is 0 Å². The van der Waals surface area contributed by atoms with E-state index in [0.29, 0.717) is 6.61 Å². The Bertz CT molecular complexity index is 343. The fourth-order valence-electron chi connectivity index (χ4n) is 1.28. The zero-order valence-corrected chi connectivity index (χ0v) is 9.30. The molecule has 1 N–H and O–H groups in total. The first-order valence-corrected chi connectivity index (χ1v) is 5.29. The van der Waals surface area contributed by atoms with E-state index in [0.717, 1.165) is 18.1 Å². The maximum atomic E-state index is 10.4. The number of hydrogen-bond acceptors (Lipinski definition) is 2. The highest BCUT2D eigenvalue weighted by molar-refractivity contribution is 5.79. The predicted molar refractivity (Wildman–Crippen MR) is 62.1 cm³/mol. The van der Waals surface area contributed by atoms with E-state index in [1.165, 1.54) is 0 Å². The largest absolute Gasteiger partial charge is 0.478 e. The van der Waals surface area contributed by atoms with E-state index in [2.05, 4.69) is 0 Å². The van der Waals surface area contributed by atoms with Gasteiger partial charge in [-0.05, 0) is 18.1 Å². The van der Waals surface area contributed by atoms with Gasteiger partial charge >= 0.3 is 5.97 Å². The van der Waals surface area contributed by atoms with Gasteiger partial charge in [0.1, 0.15) is 0 Å². The summed E-state index contributed by atoms with van der Waals surface area (Å²) in [6.07, 6.45) is 3.32. The van der Waals surface area contributed by atoms with Gasteiger partial charge < -0.3 is 9.84 Å². The fourth-order valence-corrected chi connectivity index (χ4v) is 1.28. The molecule has 0 heterocycles. The highest BCUT2D eigenvalue weighted by Crippen LogP contribution is 2.06. The minimum atomic E-state index is -0.943. The molecular weight excluding hydrogens is 204 g/mol. The van der Waals surface area contributed by atoms with Crippen molar-refractivity contribution in [2.45, 2.75) is 26.1 Å². The van der Waals surface area contributed by atoms with Crippen LogP contribution in [-0.4, -0.2) is 17.2 Å². The first-order chi connectivity index (χ1) is 7.72. The second kappa shape index (κ2) is 6.80. The zero-order valence-electron chi connectivity index (χ0n) is 9.30. The number of carboxylic acids is 1. The number of aliphatic carboxylic acids is 1. The summed E-state index contributed by atoms with van der Waals surface area (Å²) in [5.41, 5.74) is 1.09. The van der Waals surface area contributed by atoms with Gasteiger partial charge in [0.15, 0.2) is 0 Å². The molecule has 86 valence electrons. The minimum Gasteiger partial charge on any atom is -0.478 e. The number of hydrogen-bond donors (Lipinski definition) is 1. The highest BCUT2D eigenvalue weighted by atomic mass is 16.5. The Labute approximate surface area is 95.4 Å². The second-order valence-electron chi connectivity index (χ2n) is 3.44. The Balaban J connectivity index is 2.43. The van der Waals surface area contributed by atoms with Gasteiger partial charge in [-0.1, -0.05) is 37.3 Å². The minimum absolute atomic E-state index is 0.142. The summed E-state index contributed by atoms with van der Waals surface area (Å²) in [6, 6.07) is 9.81. The van der Waals surface area contributed by atoms with Crippen LogP contribution in [-0.2, 0) is 16.1 Å². The Kier molecular flexibility index (Phi) is 5.29. The molecule has 0 fully saturated rings. The molecule has 3 nitrogen and oxygen atoms in total. The Morgan fingerprint density at radius 3 is 2.69 bits per heavy atom. The summed E-state index contributed by atoms with van der Waals surface area (Å²) in [7, 11) is 0.